The molecule has 2 fully saturated rings. The zero-order valence-electron chi connectivity index (χ0n) is 15.9. The molecule has 0 bridgehead atoms. The van der Waals surface area contributed by atoms with Crippen LogP contribution in [0.15, 0.2) is 24.3 Å². The van der Waals surface area contributed by atoms with E-state index in [-0.39, 0.29) is 41.7 Å². The van der Waals surface area contributed by atoms with Crippen LogP contribution in [0.3, 0.4) is 0 Å². The van der Waals surface area contributed by atoms with E-state index < -0.39 is 11.7 Å². The van der Waals surface area contributed by atoms with Crippen LogP contribution in [0.1, 0.15) is 53.3 Å². The number of likely N-dealkylation sites (N-methyl/N-ethyl adjacent to an activating group) is 1. The van der Waals surface area contributed by atoms with Crippen LogP contribution in [-0.4, -0.2) is 52.0 Å². The average molecular weight is 430 g/mol. The number of carbonyl (C=O) groups excluding carboxylic acids is 1. The number of piperidine rings is 1. The molecule has 1 saturated carbocycles. The number of hydrogen-bond acceptors (Lipinski definition) is 4. The Morgan fingerprint density at radius 1 is 1.24 bits per heavy atom. The lowest BCUT2D eigenvalue weighted by Crippen LogP contribution is -2.47. The third-order valence-electron chi connectivity index (χ3n) is 5.41. The van der Waals surface area contributed by atoms with Crippen molar-refractivity contribution in [1.29, 1.82) is 0 Å². The average Bonchev–Trinajstić information content (AvgIpc) is 3.44. The fraction of sp³-hybridized carbons (Fsp3) is 0.526. The minimum absolute atomic E-state index is 0. The summed E-state index contributed by atoms with van der Waals surface area (Å²) in [4.78, 5) is 14.8. The van der Waals surface area contributed by atoms with Gasteiger partial charge in [-0.25, -0.2) is 4.68 Å². The quantitative estimate of drug-likeness (QED) is 0.809. The lowest BCUT2D eigenvalue weighted by Gasteiger charge is -2.32. The number of rotatable bonds is 4. The van der Waals surface area contributed by atoms with Crippen molar-refractivity contribution in [3.05, 3.63) is 41.2 Å². The number of alkyl halides is 3. The van der Waals surface area contributed by atoms with Crippen LogP contribution in [0.25, 0.3) is 5.69 Å². The maximum absolute atomic E-state index is 13.1. The predicted octanol–water partition coefficient (Wildman–Crippen LogP) is 3.41. The third kappa shape index (κ3) is 4.40. The van der Waals surface area contributed by atoms with E-state index in [1.165, 1.54) is 10.7 Å². The van der Waals surface area contributed by atoms with Gasteiger partial charge in [0, 0.05) is 25.0 Å². The Kier molecular flexibility index (Phi) is 6.19. The first kappa shape index (κ1) is 21.6. The Bertz CT molecular complexity index is 881. The second-order valence-electron chi connectivity index (χ2n) is 7.44. The normalized spacial score (nSPS) is 19.7. The summed E-state index contributed by atoms with van der Waals surface area (Å²) in [6.07, 6.45) is -0.771. The van der Waals surface area contributed by atoms with Crippen molar-refractivity contribution in [2.24, 2.45) is 0 Å². The van der Waals surface area contributed by atoms with Crippen LogP contribution >= 0.6 is 12.4 Å². The number of nitrogens with one attached hydrogen (secondary N) is 1. The maximum atomic E-state index is 13.1. The van der Waals surface area contributed by atoms with Gasteiger partial charge >= 0.3 is 6.18 Å². The van der Waals surface area contributed by atoms with E-state index in [1.807, 2.05) is 7.05 Å². The predicted molar refractivity (Wildman–Crippen MR) is 104 cm³/mol. The van der Waals surface area contributed by atoms with Gasteiger partial charge in [-0.3, -0.25) is 4.79 Å². The molecule has 1 aliphatic carbocycles. The van der Waals surface area contributed by atoms with E-state index >= 15 is 0 Å². The van der Waals surface area contributed by atoms with Gasteiger partial charge in [0.2, 0.25) is 0 Å². The van der Waals surface area contributed by atoms with Crippen molar-refractivity contribution >= 4 is 18.3 Å². The molecule has 1 N–H and O–H groups in total. The third-order valence-corrected chi connectivity index (χ3v) is 5.41. The van der Waals surface area contributed by atoms with E-state index in [9.17, 15) is 18.0 Å². The van der Waals surface area contributed by atoms with Gasteiger partial charge < -0.3 is 10.2 Å². The molecule has 1 aromatic carbocycles. The molecule has 2 heterocycles. The molecule has 1 aliphatic heterocycles. The summed E-state index contributed by atoms with van der Waals surface area (Å²) in [6.45, 7) is 1.24. The summed E-state index contributed by atoms with van der Waals surface area (Å²) in [7, 11) is 1.87. The van der Waals surface area contributed by atoms with Crippen molar-refractivity contribution in [2.75, 3.05) is 20.1 Å². The van der Waals surface area contributed by atoms with Gasteiger partial charge in [0.1, 0.15) is 0 Å². The highest BCUT2D eigenvalue weighted by atomic mass is 35.5. The lowest BCUT2D eigenvalue weighted by molar-refractivity contribution is -0.137. The number of nitrogens with zero attached hydrogens (tertiary/aromatic N) is 4. The molecule has 10 heteroatoms. The first-order valence-electron chi connectivity index (χ1n) is 9.48. The molecular weight excluding hydrogens is 407 g/mol. The standard InChI is InChI=1S/C19H22F3N5O.ClH/c1-23-14-5-3-9-26(11-14)18(28)16-17(12-7-8-12)27(25-24-16)15-6-2-4-13(10-15)19(20,21)22;/h2,4,6,10,12,14,23H,3,5,7-9,11H2,1H3;1H. The molecular formula is C19H23ClF3N5O. The molecule has 1 unspecified atom stereocenters. The molecule has 1 amide bonds. The number of benzene rings is 1. The van der Waals surface area contributed by atoms with Gasteiger partial charge in [0.15, 0.2) is 5.69 Å². The molecule has 4 rings (SSSR count). The Morgan fingerprint density at radius 3 is 2.66 bits per heavy atom. The van der Waals surface area contributed by atoms with Gasteiger partial charge in [0.05, 0.1) is 16.9 Å². The van der Waals surface area contributed by atoms with E-state index in [4.69, 9.17) is 0 Å². The van der Waals surface area contributed by atoms with Crippen molar-refractivity contribution in [2.45, 2.75) is 43.8 Å². The largest absolute Gasteiger partial charge is 0.416 e. The lowest BCUT2D eigenvalue weighted by atomic mass is 10.0. The molecule has 0 spiro atoms. The summed E-state index contributed by atoms with van der Waals surface area (Å²) >= 11 is 0. The van der Waals surface area contributed by atoms with Crippen LogP contribution in [0.4, 0.5) is 13.2 Å². The molecule has 1 aromatic heterocycles. The zero-order chi connectivity index (χ0) is 19.9. The van der Waals surface area contributed by atoms with E-state index in [2.05, 4.69) is 15.6 Å². The fourth-order valence-corrected chi connectivity index (χ4v) is 3.72. The number of halogens is 4. The molecule has 2 aliphatic rings. The van der Waals surface area contributed by atoms with E-state index in [1.54, 1.807) is 11.0 Å². The second-order valence-corrected chi connectivity index (χ2v) is 7.44. The van der Waals surface area contributed by atoms with Crippen LogP contribution < -0.4 is 5.32 Å². The molecule has 29 heavy (non-hydrogen) atoms. The number of carbonyl (C=O) groups is 1. The number of likely N-dealkylation sites (tertiary alicyclic amines) is 1. The summed E-state index contributed by atoms with van der Waals surface area (Å²) < 4.78 is 40.7. The van der Waals surface area contributed by atoms with Crippen molar-refractivity contribution in [3.8, 4) is 5.69 Å². The molecule has 2 aromatic rings. The van der Waals surface area contributed by atoms with E-state index in [0.29, 0.717) is 18.8 Å². The van der Waals surface area contributed by atoms with Crippen LogP contribution in [0.5, 0.6) is 0 Å². The monoisotopic (exact) mass is 429 g/mol. The van der Waals surface area contributed by atoms with Crippen LogP contribution in [-0.2, 0) is 6.18 Å². The maximum Gasteiger partial charge on any atom is 0.416 e. The highest BCUT2D eigenvalue weighted by molar-refractivity contribution is 5.94. The van der Waals surface area contributed by atoms with Crippen molar-refractivity contribution < 1.29 is 18.0 Å². The summed E-state index contributed by atoms with van der Waals surface area (Å²) in [6, 6.07) is 5.21. The molecule has 0 radical (unpaired) electrons. The SMILES string of the molecule is CNC1CCCN(C(=O)c2nnn(-c3cccc(C(F)(F)F)c3)c2C2CC2)C1.Cl. The molecule has 1 atom stereocenters. The van der Waals surface area contributed by atoms with Gasteiger partial charge in [-0.05, 0) is 50.9 Å². The molecule has 158 valence electrons. The van der Waals surface area contributed by atoms with E-state index in [0.717, 1.165) is 37.8 Å². The smallest absolute Gasteiger partial charge is 0.336 e. The summed E-state index contributed by atoms with van der Waals surface area (Å²) in [5, 5.41) is 11.4. The minimum atomic E-state index is -4.44. The van der Waals surface area contributed by atoms with Crippen molar-refractivity contribution in [3.63, 3.8) is 0 Å². The molecule has 6 nitrogen and oxygen atoms in total. The topological polar surface area (TPSA) is 63.1 Å². The number of amides is 1. The number of aromatic nitrogens is 3. The first-order valence-corrected chi connectivity index (χ1v) is 9.48. The second kappa shape index (κ2) is 8.31. The highest BCUT2D eigenvalue weighted by Gasteiger charge is 2.37. The van der Waals surface area contributed by atoms with Crippen LogP contribution in [0, 0.1) is 0 Å². The van der Waals surface area contributed by atoms with Gasteiger partial charge in [-0.1, -0.05) is 11.3 Å². The minimum Gasteiger partial charge on any atom is -0.336 e. The Morgan fingerprint density at radius 2 is 2.00 bits per heavy atom. The number of hydrogen-bond donors (Lipinski definition) is 1. The molecule has 1 saturated heterocycles. The zero-order valence-corrected chi connectivity index (χ0v) is 16.8. The first-order chi connectivity index (χ1) is 13.4. The summed E-state index contributed by atoms with van der Waals surface area (Å²) in [5.41, 5.74) is 0.408. The van der Waals surface area contributed by atoms with Gasteiger partial charge in [-0.15, -0.1) is 17.5 Å². The van der Waals surface area contributed by atoms with Gasteiger partial charge in [0.25, 0.3) is 5.91 Å². The Hall–Kier alpha value is -2.13. The Balaban J connectivity index is 0.00000240. The van der Waals surface area contributed by atoms with Crippen LogP contribution in [0.2, 0.25) is 0 Å². The van der Waals surface area contributed by atoms with Gasteiger partial charge in [-0.2, -0.15) is 13.2 Å². The van der Waals surface area contributed by atoms with Crippen molar-refractivity contribution in [1.82, 2.24) is 25.2 Å². The summed E-state index contributed by atoms with van der Waals surface area (Å²) in [5.74, 6) is -0.0894. The Labute approximate surface area is 172 Å². The fourth-order valence-electron chi connectivity index (χ4n) is 3.72. The highest BCUT2D eigenvalue weighted by Crippen LogP contribution is 2.42.